The van der Waals surface area contributed by atoms with Gasteiger partial charge in [-0.25, -0.2) is 9.78 Å². The number of hydrogen-bond acceptors (Lipinski definition) is 2. The zero-order valence-corrected chi connectivity index (χ0v) is 15.7. The number of anilines is 1. The Morgan fingerprint density at radius 1 is 1.00 bits per heavy atom. The Balaban J connectivity index is 1.48. The fraction of sp³-hybridized carbons (Fsp3) is 0.130. The zero-order chi connectivity index (χ0) is 19.3. The van der Waals surface area contributed by atoms with Crippen LogP contribution in [-0.4, -0.2) is 22.0 Å². The molecule has 4 aromatic rings. The van der Waals surface area contributed by atoms with Crippen LogP contribution in [0.5, 0.6) is 0 Å². The lowest BCUT2D eigenvalue weighted by Crippen LogP contribution is -2.30. The van der Waals surface area contributed by atoms with Crippen molar-refractivity contribution in [2.45, 2.75) is 13.3 Å². The van der Waals surface area contributed by atoms with Gasteiger partial charge in [-0.05, 0) is 36.6 Å². The molecule has 0 unspecified atom stereocenters. The third-order valence-corrected chi connectivity index (χ3v) is 4.67. The lowest BCUT2D eigenvalue weighted by molar-refractivity contribution is 0.252. The summed E-state index contributed by atoms with van der Waals surface area (Å²) in [6, 6.07) is 21.6. The molecule has 0 aliphatic carbocycles. The van der Waals surface area contributed by atoms with Gasteiger partial charge in [-0.2, -0.15) is 0 Å². The molecule has 5 heteroatoms. The van der Waals surface area contributed by atoms with Crippen molar-refractivity contribution in [3.8, 4) is 11.3 Å². The smallest absolute Gasteiger partial charge is 0.319 e. The number of nitrogens with one attached hydrogen (secondary N) is 2. The quantitative estimate of drug-likeness (QED) is 0.536. The molecule has 0 bridgehead atoms. The molecular formula is C23H22N4O. The highest BCUT2D eigenvalue weighted by Gasteiger charge is 2.12. The molecule has 0 aliphatic heterocycles. The van der Waals surface area contributed by atoms with Crippen molar-refractivity contribution in [2.24, 2.45) is 0 Å². The van der Waals surface area contributed by atoms with Gasteiger partial charge in [-0.1, -0.05) is 54.6 Å². The Hall–Kier alpha value is -3.60. The predicted molar refractivity (Wildman–Crippen MR) is 113 cm³/mol. The molecule has 0 saturated carbocycles. The van der Waals surface area contributed by atoms with E-state index >= 15 is 0 Å². The van der Waals surface area contributed by atoms with Gasteiger partial charge in [0.1, 0.15) is 5.65 Å². The highest BCUT2D eigenvalue weighted by Crippen LogP contribution is 2.27. The van der Waals surface area contributed by atoms with Gasteiger partial charge in [0.2, 0.25) is 0 Å². The lowest BCUT2D eigenvalue weighted by atomic mass is 10.1. The summed E-state index contributed by atoms with van der Waals surface area (Å²) in [6.45, 7) is 2.61. The maximum absolute atomic E-state index is 12.4. The number of carbonyl (C=O) groups excluding carboxylic acids is 1. The first-order valence-electron chi connectivity index (χ1n) is 9.33. The van der Waals surface area contributed by atoms with Gasteiger partial charge in [0.15, 0.2) is 0 Å². The third-order valence-electron chi connectivity index (χ3n) is 4.67. The van der Waals surface area contributed by atoms with Crippen molar-refractivity contribution in [1.29, 1.82) is 0 Å². The van der Waals surface area contributed by atoms with E-state index in [2.05, 4.69) is 22.8 Å². The van der Waals surface area contributed by atoms with Gasteiger partial charge in [0.05, 0.1) is 11.4 Å². The molecule has 2 aromatic carbocycles. The van der Waals surface area contributed by atoms with Crippen LogP contribution >= 0.6 is 0 Å². The summed E-state index contributed by atoms with van der Waals surface area (Å²) in [5.41, 5.74) is 5.68. The highest BCUT2D eigenvalue weighted by atomic mass is 16.2. The molecule has 0 spiro atoms. The van der Waals surface area contributed by atoms with E-state index in [9.17, 15) is 4.79 Å². The van der Waals surface area contributed by atoms with E-state index < -0.39 is 0 Å². The molecule has 5 nitrogen and oxygen atoms in total. The van der Waals surface area contributed by atoms with Crippen LogP contribution in [0.4, 0.5) is 10.5 Å². The van der Waals surface area contributed by atoms with Crippen LogP contribution in [0, 0.1) is 6.92 Å². The van der Waals surface area contributed by atoms with Gasteiger partial charge >= 0.3 is 6.03 Å². The number of para-hydroxylation sites is 1. The SMILES string of the molecule is Cc1cccn2cc(-c3ccccc3NC(=O)NCCc3ccccc3)nc12. The molecule has 140 valence electrons. The van der Waals surface area contributed by atoms with E-state index in [0.717, 1.165) is 34.6 Å². The average Bonchev–Trinajstić information content (AvgIpc) is 3.15. The van der Waals surface area contributed by atoms with Gasteiger partial charge in [0, 0.05) is 24.5 Å². The summed E-state index contributed by atoms with van der Waals surface area (Å²) in [5, 5.41) is 5.87. The second kappa shape index (κ2) is 7.96. The molecule has 0 fully saturated rings. The maximum Gasteiger partial charge on any atom is 0.319 e. The van der Waals surface area contributed by atoms with Gasteiger partial charge in [-0.15, -0.1) is 0 Å². The van der Waals surface area contributed by atoms with Crippen molar-refractivity contribution in [2.75, 3.05) is 11.9 Å². The van der Waals surface area contributed by atoms with Gasteiger partial charge in [0.25, 0.3) is 0 Å². The first kappa shape index (κ1) is 17.8. The van der Waals surface area contributed by atoms with E-state index in [1.807, 2.05) is 78.3 Å². The standard InChI is InChI=1S/C23H22N4O/c1-17-8-7-15-27-16-21(25-22(17)27)19-11-5-6-12-20(19)26-23(28)24-14-13-18-9-3-2-4-10-18/h2-12,15-16H,13-14H2,1H3,(H2,24,26,28). The number of rotatable bonds is 5. The molecule has 2 heterocycles. The summed E-state index contributed by atoms with van der Waals surface area (Å²) in [6.07, 6.45) is 4.75. The topological polar surface area (TPSA) is 58.4 Å². The van der Waals surface area contributed by atoms with E-state index in [0.29, 0.717) is 6.54 Å². The van der Waals surface area contributed by atoms with Crippen molar-refractivity contribution in [1.82, 2.24) is 14.7 Å². The summed E-state index contributed by atoms with van der Waals surface area (Å²) in [7, 11) is 0. The van der Waals surface area contributed by atoms with E-state index in [4.69, 9.17) is 4.98 Å². The second-order valence-electron chi connectivity index (χ2n) is 6.71. The second-order valence-corrected chi connectivity index (χ2v) is 6.71. The largest absolute Gasteiger partial charge is 0.338 e. The van der Waals surface area contributed by atoms with Crippen molar-refractivity contribution in [3.63, 3.8) is 0 Å². The minimum absolute atomic E-state index is 0.219. The Bertz CT molecular complexity index is 1100. The summed E-state index contributed by atoms with van der Waals surface area (Å²) in [4.78, 5) is 17.1. The van der Waals surface area contributed by atoms with Crippen LogP contribution in [0.25, 0.3) is 16.9 Å². The number of aryl methyl sites for hydroxylation is 1. The van der Waals surface area contributed by atoms with Crippen molar-refractivity contribution >= 4 is 17.4 Å². The minimum Gasteiger partial charge on any atom is -0.338 e. The number of aromatic nitrogens is 2. The van der Waals surface area contributed by atoms with Gasteiger partial charge in [-0.3, -0.25) is 0 Å². The molecule has 0 aliphatic rings. The number of carbonyl (C=O) groups is 1. The van der Waals surface area contributed by atoms with Crippen LogP contribution in [0.2, 0.25) is 0 Å². The first-order valence-corrected chi connectivity index (χ1v) is 9.33. The highest BCUT2D eigenvalue weighted by molar-refractivity contribution is 5.94. The van der Waals surface area contributed by atoms with E-state index in [-0.39, 0.29) is 6.03 Å². The number of hydrogen-bond donors (Lipinski definition) is 2. The monoisotopic (exact) mass is 370 g/mol. The minimum atomic E-state index is -0.219. The number of fused-ring (bicyclic) bond motifs is 1. The van der Waals surface area contributed by atoms with E-state index in [1.165, 1.54) is 5.56 Å². The number of pyridine rings is 1. The number of urea groups is 1. The Kier molecular flexibility index (Phi) is 5.06. The maximum atomic E-state index is 12.4. The summed E-state index contributed by atoms with van der Waals surface area (Å²) in [5.74, 6) is 0. The van der Waals surface area contributed by atoms with E-state index in [1.54, 1.807) is 0 Å². The molecule has 0 radical (unpaired) electrons. The number of imidazole rings is 1. The van der Waals surface area contributed by atoms with Crippen LogP contribution in [-0.2, 0) is 6.42 Å². The number of amides is 2. The molecule has 0 atom stereocenters. The van der Waals surface area contributed by atoms with Crippen LogP contribution < -0.4 is 10.6 Å². The lowest BCUT2D eigenvalue weighted by Gasteiger charge is -2.11. The normalized spacial score (nSPS) is 10.8. The third kappa shape index (κ3) is 3.88. The Morgan fingerprint density at radius 2 is 1.79 bits per heavy atom. The van der Waals surface area contributed by atoms with Crippen molar-refractivity contribution < 1.29 is 4.79 Å². The summed E-state index contributed by atoms with van der Waals surface area (Å²) >= 11 is 0. The molecular weight excluding hydrogens is 348 g/mol. The predicted octanol–water partition coefficient (Wildman–Crippen LogP) is 4.67. The fourth-order valence-electron chi connectivity index (χ4n) is 3.23. The Morgan fingerprint density at radius 3 is 2.61 bits per heavy atom. The first-order chi connectivity index (χ1) is 13.7. The molecule has 2 aromatic heterocycles. The molecule has 4 rings (SSSR count). The van der Waals surface area contributed by atoms with Crippen molar-refractivity contribution in [3.05, 3.63) is 90.3 Å². The average molecular weight is 370 g/mol. The molecule has 2 amide bonds. The molecule has 28 heavy (non-hydrogen) atoms. The zero-order valence-electron chi connectivity index (χ0n) is 15.7. The molecule has 0 saturated heterocycles. The van der Waals surface area contributed by atoms with Crippen LogP contribution in [0.3, 0.4) is 0 Å². The van der Waals surface area contributed by atoms with Crippen LogP contribution in [0.15, 0.2) is 79.1 Å². The molecule has 2 N–H and O–H groups in total. The Labute approximate surface area is 164 Å². The fourth-order valence-corrected chi connectivity index (χ4v) is 3.23. The summed E-state index contributed by atoms with van der Waals surface area (Å²) < 4.78 is 2.00. The number of nitrogens with zero attached hydrogens (tertiary/aromatic N) is 2. The number of benzene rings is 2. The van der Waals surface area contributed by atoms with Gasteiger partial charge < -0.3 is 15.0 Å². The van der Waals surface area contributed by atoms with Crippen LogP contribution in [0.1, 0.15) is 11.1 Å².